The molecule has 0 aliphatic rings. The lowest BCUT2D eigenvalue weighted by Gasteiger charge is -2.07. The number of nitrogens with zero attached hydrogens (tertiary/aromatic N) is 3. The molecule has 3 rings (SSSR count). The van der Waals surface area contributed by atoms with Crippen molar-refractivity contribution in [3.63, 3.8) is 0 Å². The number of benzene rings is 2. The van der Waals surface area contributed by atoms with Crippen molar-refractivity contribution in [2.45, 2.75) is 5.88 Å². The molecule has 0 amide bonds. The van der Waals surface area contributed by atoms with Crippen LogP contribution in [-0.2, 0) is 5.88 Å². The van der Waals surface area contributed by atoms with Gasteiger partial charge >= 0.3 is 0 Å². The Bertz CT molecular complexity index is 752. The highest BCUT2D eigenvalue weighted by atomic mass is 35.5. The van der Waals surface area contributed by atoms with Crippen molar-refractivity contribution in [2.75, 3.05) is 0 Å². The van der Waals surface area contributed by atoms with E-state index in [2.05, 4.69) is 10.3 Å². The van der Waals surface area contributed by atoms with Crippen LogP contribution in [0.1, 0.15) is 5.69 Å². The quantitative estimate of drug-likeness (QED) is 0.686. The number of hydrogen-bond donors (Lipinski definition) is 0. The first-order chi connectivity index (χ1) is 10.2. The van der Waals surface area contributed by atoms with Crippen molar-refractivity contribution in [2.24, 2.45) is 0 Å². The first-order valence-corrected chi connectivity index (χ1v) is 6.75. The molecule has 0 spiro atoms. The van der Waals surface area contributed by atoms with E-state index in [-0.39, 0.29) is 17.5 Å². The topological polar surface area (TPSA) is 30.7 Å². The summed E-state index contributed by atoms with van der Waals surface area (Å²) in [5.74, 6) is -0.486. The maximum Gasteiger partial charge on any atom is 0.123 e. The Balaban J connectivity index is 2.16. The van der Waals surface area contributed by atoms with Gasteiger partial charge in [-0.1, -0.05) is 5.21 Å². The van der Waals surface area contributed by atoms with Gasteiger partial charge in [0.05, 0.1) is 17.3 Å². The molecule has 0 fully saturated rings. The molecule has 21 heavy (non-hydrogen) atoms. The van der Waals surface area contributed by atoms with Gasteiger partial charge in [-0.3, -0.25) is 0 Å². The molecule has 0 unspecified atom stereocenters. The Labute approximate surface area is 124 Å². The van der Waals surface area contributed by atoms with Gasteiger partial charge in [-0.25, -0.2) is 13.5 Å². The van der Waals surface area contributed by atoms with Crippen LogP contribution in [0.4, 0.5) is 8.78 Å². The molecule has 3 nitrogen and oxygen atoms in total. The van der Waals surface area contributed by atoms with E-state index in [1.165, 1.54) is 24.3 Å². The van der Waals surface area contributed by atoms with Crippen LogP contribution in [0.25, 0.3) is 16.9 Å². The number of alkyl halides is 1. The lowest BCUT2D eigenvalue weighted by molar-refractivity contribution is 0.626. The molecule has 6 heteroatoms. The molecule has 1 heterocycles. The summed E-state index contributed by atoms with van der Waals surface area (Å²) in [6, 6.07) is 11.8. The molecular formula is C15H10ClF2N3. The molecule has 0 aliphatic carbocycles. The molecular weight excluding hydrogens is 296 g/mol. The SMILES string of the molecule is Fc1ccc(-c2c(CCl)nnn2-c2ccc(F)cc2)cc1. The molecule has 3 aromatic rings. The summed E-state index contributed by atoms with van der Waals surface area (Å²) in [6.45, 7) is 0. The molecule has 0 aliphatic heterocycles. The van der Waals surface area contributed by atoms with Gasteiger partial charge < -0.3 is 0 Å². The second kappa shape index (κ2) is 5.61. The molecule has 0 saturated heterocycles. The van der Waals surface area contributed by atoms with Crippen molar-refractivity contribution in [1.82, 2.24) is 15.0 Å². The molecule has 106 valence electrons. The van der Waals surface area contributed by atoms with Crippen LogP contribution in [0, 0.1) is 11.6 Å². The van der Waals surface area contributed by atoms with Crippen molar-refractivity contribution in [3.8, 4) is 16.9 Å². The third kappa shape index (κ3) is 2.64. The Morgan fingerprint density at radius 2 is 1.48 bits per heavy atom. The molecule has 0 bridgehead atoms. The maximum atomic E-state index is 13.1. The summed E-state index contributed by atoms with van der Waals surface area (Å²) in [6.07, 6.45) is 0. The monoisotopic (exact) mass is 305 g/mol. The number of rotatable bonds is 3. The fourth-order valence-corrected chi connectivity index (χ4v) is 2.24. The molecule has 0 N–H and O–H groups in total. The van der Waals surface area contributed by atoms with E-state index in [9.17, 15) is 8.78 Å². The van der Waals surface area contributed by atoms with Crippen LogP contribution in [0.5, 0.6) is 0 Å². The zero-order valence-electron chi connectivity index (χ0n) is 10.8. The summed E-state index contributed by atoms with van der Waals surface area (Å²) >= 11 is 5.89. The normalized spacial score (nSPS) is 10.8. The van der Waals surface area contributed by atoms with Crippen molar-refractivity contribution in [1.29, 1.82) is 0 Å². The third-order valence-corrected chi connectivity index (χ3v) is 3.31. The van der Waals surface area contributed by atoms with Crippen molar-refractivity contribution >= 4 is 11.6 Å². The van der Waals surface area contributed by atoms with E-state index >= 15 is 0 Å². The Hall–Kier alpha value is -2.27. The zero-order valence-corrected chi connectivity index (χ0v) is 11.6. The first-order valence-electron chi connectivity index (χ1n) is 6.21. The Kier molecular flexibility index (Phi) is 3.66. The first kappa shape index (κ1) is 13.7. The molecule has 0 saturated carbocycles. The van der Waals surface area contributed by atoms with Crippen LogP contribution in [0.2, 0.25) is 0 Å². The summed E-state index contributed by atoms with van der Waals surface area (Å²) in [7, 11) is 0. The highest BCUT2D eigenvalue weighted by molar-refractivity contribution is 6.17. The average Bonchev–Trinajstić information content (AvgIpc) is 2.93. The minimum atomic E-state index is -0.334. The fourth-order valence-electron chi connectivity index (χ4n) is 2.06. The Morgan fingerprint density at radius 3 is 2.05 bits per heavy atom. The second-order valence-corrected chi connectivity index (χ2v) is 4.68. The minimum absolute atomic E-state index is 0.175. The Morgan fingerprint density at radius 1 is 0.905 bits per heavy atom. The zero-order chi connectivity index (χ0) is 14.8. The van der Waals surface area contributed by atoms with E-state index in [0.29, 0.717) is 17.1 Å². The number of aromatic nitrogens is 3. The predicted molar refractivity (Wildman–Crippen MR) is 76.3 cm³/mol. The molecule has 1 aromatic heterocycles. The maximum absolute atomic E-state index is 13.1. The third-order valence-electron chi connectivity index (χ3n) is 3.06. The van der Waals surface area contributed by atoms with Gasteiger partial charge in [0, 0.05) is 5.56 Å². The number of hydrogen-bond acceptors (Lipinski definition) is 2. The highest BCUT2D eigenvalue weighted by Crippen LogP contribution is 2.26. The van der Waals surface area contributed by atoms with Gasteiger partial charge in [-0.2, -0.15) is 0 Å². The van der Waals surface area contributed by atoms with E-state index in [4.69, 9.17) is 11.6 Å². The summed E-state index contributed by atoms with van der Waals surface area (Å²) in [5, 5.41) is 8.08. The van der Waals surface area contributed by atoms with E-state index in [1.807, 2.05) is 0 Å². The molecule has 2 aromatic carbocycles. The van der Waals surface area contributed by atoms with Crippen molar-refractivity contribution in [3.05, 3.63) is 65.9 Å². The standard InChI is InChI=1S/C15H10ClF2N3/c16-9-14-15(10-1-3-11(17)4-2-10)21(20-19-14)13-7-5-12(18)6-8-13/h1-8H,9H2. The van der Waals surface area contributed by atoms with E-state index in [0.717, 1.165) is 5.56 Å². The van der Waals surface area contributed by atoms with Crippen LogP contribution in [0.15, 0.2) is 48.5 Å². The smallest absolute Gasteiger partial charge is 0.123 e. The second-order valence-electron chi connectivity index (χ2n) is 4.41. The van der Waals surface area contributed by atoms with Gasteiger partial charge in [-0.05, 0) is 48.5 Å². The highest BCUT2D eigenvalue weighted by Gasteiger charge is 2.15. The summed E-state index contributed by atoms with van der Waals surface area (Å²) < 4.78 is 27.7. The van der Waals surface area contributed by atoms with E-state index < -0.39 is 0 Å². The van der Waals surface area contributed by atoms with Gasteiger partial charge in [0.2, 0.25) is 0 Å². The summed E-state index contributed by atoms with van der Waals surface area (Å²) in [4.78, 5) is 0. The van der Waals surface area contributed by atoms with Crippen LogP contribution >= 0.6 is 11.6 Å². The molecule has 0 atom stereocenters. The predicted octanol–water partition coefficient (Wildman–Crippen LogP) is 3.95. The van der Waals surface area contributed by atoms with Crippen molar-refractivity contribution < 1.29 is 8.78 Å². The van der Waals surface area contributed by atoms with E-state index in [1.54, 1.807) is 28.9 Å². The lowest BCUT2D eigenvalue weighted by Crippen LogP contribution is -2.00. The lowest BCUT2D eigenvalue weighted by atomic mass is 10.1. The summed E-state index contributed by atoms with van der Waals surface area (Å²) in [5.41, 5.74) is 2.63. The van der Waals surface area contributed by atoms with Crippen LogP contribution < -0.4 is 0 Å². The van der Waals surface area contributed by atoms with Gasteiger partial charge in [-0.15, -0.1) is 16.7 Å². The minimum Gasteiger partial charge on any atom is -0.213 e. The average molecular weight is 306 g/mol. The number of halogens is 3. The van der Waals surface area contributed by atoms with Crippen LogP contribution in [0.3, 0.4) is 0 Å². The van der Waals surface area contributed by atoms with Crippen LogP contribution in [-0.4, -0.2) is 15.0 Å². The van der Waals surface area contributed by atoms with Gasteiger partial charge in [0.25, 0.3) is 0 Å². The van der Waals surface area contributed by atoms with Gasteiger partial charge in [0.1, 0.15) is 17.3 Å². The largest absolute Gasteiger partial charge is 0.213 e. The fraction of sp³-hybridized carbons (Fsp3) is 0.0667. The van der Waals surface area contributed by atoms with Gasteiger partial charge in [0.15, 0.2) is 0 Å². The molecule has 0 radical (unpaired) electrons.